The number of hydrogen-bond acceptors (Lipinski definition) is 4. The fourth-order valence-electron chi connectivity index (χ4n) is 5.26. The summed E-state index contributed by atoms with van der Waals surface area (Å²) in [6.07, 6.45) is 13.6. The van der Waals surface area contributed by atoms with Gasteiger partial charge in [-0.05, 0) is 60.7 Å². The number of rotatable bonds is 4. The van der Waals surface area contributed by atoms with E-state index in [1.165, 1.54) is 5.57 Å². The van der Waals surface area contributed by atoms with Gasteiger partial charge in [-0.2, -0.15) is 0 Å². The Morgan fingerprint density at radius 2 is 1.85 bits per heavy atom. The average molecular weight is 463 g/mol. The Kier molecular flexibility index (Phi) is 6.33. The summed E-state index contributed by atoms with van der Waals surface area (Å²) in [7, 11) is 0. The number of allylic oxidation sites excluding steroid dienone is 4. The molecular weight excluding hydrogens is 432 g/mol. The van der Waals surface area contributed by atoms with Gasteiger partial charge in [0.15, 0.2) is 0 Å². The number of aliphatic hydroxyl groups is 1. The van der Waals surface area contributed by atoms with Crippen molar-refractivity contribution >= 4 is 22.9 Å². The number of piperidine rings is 1. The van der Waals surface area contributed by atoms with Crippen molar-refractivity contribution in [1.29, 1.82) is 0 Å². The molecule has 2 aromatic rings. The minimum Gasteiger partial charge on any atom is -0.492 e. The molecule has 2 unspecified atom stereocenters. The molecule has 0 radical (unpaired) electrons. The van der Waals surface area contributed by atoms with Crippen LogP contribution in [0.25, 0.3) is 5.57 Å². The van der Waals surface area contributed by atoms with Crippen molar-refractivity contribution in [2.24, 2.45) is 11.8 Å². The highest BCUT2D eigenvalue weighted by molar-refractivity contribution is 6.30. The summed E-state index contributed by atoms with van der Waals surface area (Å²) in [6.45, 7) is 3.40. The minimum absolute atomic E-state index is 0.300. The van der Waals surface area contributed by atoms with Gasteiger partial charge in [0.2, 0.25) is 0 Å². The third kappa shape index (κ3) is 4.74. The van der Waals surface area contributed by atoms with E-state index in [0.29, 0.717) is 23.5 Å². The maximum atomic E-state index is 11.2. The second kappa shape index (κ2) is 9.38. The number of nitrogen functional groups attached to an aromatic ring is 1. The highest BCUT2D eigenvalue weighted by Gasteiger charge is 2.34. The number of fused-ring (bicyclic) bond motifs is 2. The second-order valence-electron chi connectivity index (χ2n) is 9.35. The fourth-order valence-corrected chi connectivity index (χ4v) is 5.38. The molecule has 2 aliphatic heterocycles. The summed E-state index contributed by atoms with van der Waals surface area (Å²) in [5, 5.41) is 11.9. The molecule has 3 aliphatic rings. The van der Waals surface area contributed by atoms with Gasteiger partial charge in [-0.1, -0.05) is 54.1 Å². The number of nitrogens with two attached hydrogens (primary N) is 1. The van der Waals surface area contributed by atoms with Crippen molar-refractivity contribution in [2.45, 2.75) is 24.9 Å². The van der Waals surface area contributed by atoms with Crippen LogP contribution in [0.4, 0.5) is 5.69 Å². The van der Waals surface area contributed by atoms with Gasteiger partial charge in [0, 0.05) is 47.7 Å². The van der Waals surface area contributed by atoms with Crippen LogP contribution >= 0.6 is 11.6 Å². The second-order valence-corrected chi connectivity index (χ2v) is 9.79. The highest BCUT2D eigenvalue weighted by atomic mass is 35.5. The Balaban J connectivity index is 1.28. The Bertz CT molecular complexity index is 1080. The molecule has 0 saturated carbocycles. The lowest BCUT2D eigenvalue weighted by molar-refractivity contribution is -0.0254. The predicted molar refractivity (Wildman–Crippen MR) is 135 cm³/mol. The van der Waals surface area contributed by atoms with Gasteiger partial charge >= 0.3 is 0 Å². The molecule has 5 heteroatoms. The quantitative estimate of drug-likeness (QED) is 0.595. The molecule has 1 aliphatic carbocycles. The lowest BCUT2D eigenvalue weighted by atomic mass is 9.80. The minimum atomic E-state index is -0.763. The van der Waals surface area contributed by atoms with E-state index < -0.39 is 5.60 Å². The van der Waals surface area contributed by atoms with E-state index in [1.807, 2.05) is 42.5 Å². The van der Waals surface area contributed by atoms with E-state index >= 15 is 0 Å². The van der Waals surface area contributed by atoms with Crippen molar-refractivity contribution < 1.29 is 9.84 Å². The summed E-state index contributed by atoms with van der Waals surface area (Å²) in [4.78, 5) is 2.45. The first-order valence-corrected chi connectivity index (χ1v) is 12.2. The Morgan fingerprint density at radius 3 is 2.64 bits per heavy atom. The van der Waals surface area contributed by atoms with Crippen LogP contribution in [0, 0.1) is 11.8 Å². The number of anilines is 1. The standard InChI is InChI=1S/C28H31ClN2O2/c29-22-9-7-21(8-10-22)28(32)13-16-31(17-14-28)15-3-6-25-24-5-2-1-4-20(24)19-33-27-12-11-23(30)18-26(25)27/h1-2,4-12,18,20,24,32H,3,13-17,19,30H2. The number of likely N-dealkylation sites (tertiary alicyclic amines) is 1. The number of ether oxygens (including phenoxy) is 1. The van der Waals surface area contributed by atoms with Crippen LogP contribution in [-0.2, 0) is 5.60 Å². The topological polar surface area (TPSA) is 58.7 Å². The van der Waals surface area contributed by atoms with Crippen molar-refractivity contribution in [1.82, 2.24) is 4.90 Å². The molecule has 2 atom stereocenters. The number of nitrogens with zero attached hydrogens (tertiary/aromatic N) is 1. The van der Waals surface area contributed by atoms with Gasteiger partial charge in [-0.25, -0.2) is 0 Å². The Hall–Kier alpha value is -2.53. The van der Waals surface area contributed by atoms with Crippen LogP contribution in [-0.4, -0.2) is 36.2 Å². The molecule has 0 spiro atoms. The molecule has 0 bridgehead atoms. The maximum Gasteiger partial charge on any atom is 0.126 e. The summed E-state index contributed by atoms with van der Waals surface area (Å²) in [6, 6.07) is 13.6. The van der Waals surface area contributed by atoms with Gasteiger partial charge < -0.3 is 20.5 Å². The number of benzene rings is 2. The van der Waals surface area contributed by atoms with Crippen LogP contribution in [0.3, 0.4) is 0 Å². The third-order valence-electron chi connectivity index (χ3n) is 7.23. The summed E-state index contributed by atoms with van der Waals surface area (Å²) in [5.41, 5.74) is 9.51. The molecule has 0 aromatic heterocycles. The fraction of sp³-hybridized carbons (Fsp3) is 0.357. The molecule has 2 aromatic carbocycles. The zero-order chi connectivity index (χ0) is 22.8. The average Bonchev–Trinajstić information content (AvgIpc) is 2.98. The van der Waals surface area contributed by atoms with Crippen molar-refractivity contribution in [3.05, 3.63) is 89.0 Å². The first-order valence-electron chi connectivity index (χ1n) is 11.8. The highest BCUT2D eigenvalue weighted by Crippen LogP contribution is 2.42. The maximum absolute atomic E-state index is 11.2. The molecule has 5 rings (SSSR count). The van der Waals surface area contributed by atoms with Gasteiger partial charge in [0.1, 0.15) is 5.75 Å². The summed E-state index contributed by atoms with van der Waals surface area (Å²) in [5.74, 6) is 1.55. The van der Waals surface area contributed by atoms with Crippen LogP contribution in [0.2, 0.25) is 5.02 Å². The smallest absolute Gasteiger partial charge is 0.126 e. The molecule has 3 N–H and O–H groups in total. The molecule has 0 amide bonds. The van der Waals surface area contributed by atoms with Crippen LogP contribution in [0.5, 0.6) is 5.75 Å². The van der Waals surface area contributed by atoms with E-state index in [4.69, 9.17) is 22.1 Å². The molecule has 4 nitrogen and oxygen atoms in total. The SMILES string of the molecule is Nc1ccc2c(c1)C(=CCCN1CCC(O)(c3ccc(Cl)cc3)CC1)C1C=CC=CC1CO2. The zero-order valence-corrected chi connectivity index (χ0v) is 19.5. The van der Waals surface area contributed by atoms with Crippen LogP contribution in [0.1, 0.15) is 30.4 Å². The monoisotopic (exact) mass is 462 g/mol. The molecule has 33 heavy (non-hydrogen) atoms. The van der Waals surface area contributed by atoms with E-state index in [-0.39, 0.29) is 0 Å². The van der Waals surface area contributed by atoms with Crippen LogP contribution < -0.4 is 10.5 Å². The molecule has 172 valence electrons. The lowest BCUT2D eigenvalue weighted by Crippen LogP contribution is -2.42. The molecular formula is C28H31ClN2O2. The Labute approximate surface area is 201 Å². The largest absolute Gasteiger partial charge is 0.492 e. The number of hydrogen-bond donors (Lipinski definition) is 2. The van der Waals surface area contributed by atoms with E-state index in [0.717, 1.165) is 61.5 Å². The van der Waals surface area contributed by atoms with E-state index in [9.17, 15) is 5.11 Å². The van der Waals surface area contributed by atoms with Gasteiger partial charge in [-0.3, -0.25) is 0 Å². The molecule has 1 saturated heterocycles. The summed E-state index contributed by atoms with van der Waals surface area (Å²) >= 11 is 6.02. The normalized spacial score (nSPS) is 25.2. The number of halogens is 1. The van der Waals surface area contributed by atoms with E-state index in [1.54, 1.807) is 0 Å². The van der Waals surface area contributed by atoms with E-state index in [2.05, 4.69) is 35.3 Å². The first kappa shape index (κ1) is 22.3. The first-order chi connectivity index (χ1) is 16.0. The lowest BCUT2D eigenvalue weighted by Gasteiger charge is -2.38. The van der Waals surface area contributed by atoms with Crippen molar-refractivity contribution in [3.8, 4) is 5.75 Å². The Morgan fingerprint density at radius 1 is 1.09 bits per heavy atom. The van der Waals surface area contributed by atoms with Gasteiger partial charge in [0.25, 0.3) is 0 Å². The third-order valence-corrected chi connectivity index (χ3v) is 7.48. The van der Waals surface area contributed by atoms with Gasteiger partial charge in [-0.15, -0.1) is 0 Å². The van der Waals surface area contributed by atoms with Crippen molar-refractivity contribution in [3.63, 3.8) is 0 Å². The van der Waals surface area contributed by atoms with Gasteiger partial charge in [0.05, 0.1) is 12.2 Å². The van der Waals surface area contributed by atoms with Crippen molar-refractivity contribution in [2.75, 3.05) is 32.0 Å². The molecule has 1 fully saturated rings. The predicted octanol–water partition coefficient (Wildman–Crippen LogP) is 5.43. The zero-order valence-electron chi connectivity index (χ0n) is 18.8. The van der Waals surface area contributed by atoms with Crippen LogP contribution in [0.15, 0.2) is 72.8 Å². The summed E-state index contributed by atoms with van der Waals surface area (Å²) < 4.78 is 6.14. The molecule has 2 heterocycles.